The van der Waals surface area contributed by atoms with E-state index in [9.17, 15) is 9.59 Å². The number of amides is 1. The van der Waals surface area contributed by atoms with E-state index in [-0.39, 0.29) is 17.8 Å². The zero-order valence-electron chi connectivity index (χ0n) is 12.9. The molecule has 0 aliphatic carbocycles. The topological polar surface area (TPSA) is 51.5 Å². The fourth-order valence-electron chi connectivity index (χ4n) is 2.82. The summed E-state index contributed by atoms with van der Waals surface area (Å²) in [6.45, 7) is 6.31. The van der Waals surface area contributed by atoms with Crippen LogP contribution in [0, 0.1) is 5.92 Å². The normalized spacial score (nSPS) is 18.6. The van der Waals surface area contributed by atoms with Gasteiger partial charge in [0.05, 0.1) is 12.5 Å². The third-order valence-electron chi connectivity index (χ3n) is 3.84. The molecule has 0 saturated carbocycles. The molecule has 1 atom stereocenters. The molecule has 2 rings (SSSR count). The van der Waals surface area contributed by atoms with E-state index in [1.807, 2.05) is 22.9 Å². The number of carbonyl (C=O) groups is 2. The third-order valence-corrected chi connectivity index (χ3v) is 3.84. The van der Waals surface area contributed by atoms with Crippen LogP contribution in [-0.2, 0) is 16.1 Å². The number of aryl methyl sites for hydroxylation is 1. The molecule has 0 radical (unpaired) electrons. The van der Waals surface area contributed by atoms with Gasteiger partial charge in [-0.2, -0.15) is 0 Å². The molecule has 1 aliphatic heterocycles. The molecule has 1 aromatic rings. The smallest absolute Gasteiger partial charge is 0.310 e. The Kier molecular flexibility index (Phi) is 5.42. The molecule has 1 aromatic heterocycles. The molecular weight excluding hydrogens is 268 g/mol. The van der Waals surface area contributed by atoms with Gasteiger partial charge in [0.25, 0.3) is 5.91 Å². The van der Waals surface area contributed by atoms with Crippen molar-refractivity contribution in [2.75, 3.05) is 19.7 Å². The molecule has 0 N–H and O–H groups in total. The second-order valence-corrected chi connectivity index (χ2v) is 5.43. The Balaban J connectivity index is 2.05. The molecule has 5 nitrogen and oxygen atoms in total. The molecular formula is C16H24N2O3. The van der Waals surface area contributed by atoms with E-state index in [1.54, 1.807) is 11.8 Å². The predicted molar refractivity (Wildman–Crippen MR) is 80.0 cm³/mol. The van der Waals surface area contributed by atoms with Gasteiger partial charge in [-0.15, -0.1) is 0 Å². The highest BCUT2D eigenvalue weighted by Crippen LogP contribution is 2.20. The monoisotopic (exact) mass is 292 g/mol. The van der Waals surface area contributed by atoms with Gasteiger partial charge in [-0.25, -0.2) is 0 Å². The minimum atomic E-state index is -0.183. The number of carbonyl (C=O) groups excluding carboxylic acids is 2. The Hall–Kier alpha value is -1.78. The SMILES string of the molecule is CCCn1cccc1C(=O)N1CCC[C@@H](C(=O)OCC)C1. The summed E-state index contributed by atoms with van der Waals surface area (Å²) in [5, 5.41) is 0. The van der Waals surface area contributed by atoms with E-state index < -0.39 is 0 Å². The molecule has 1 amide bonds. The van der Waals surface area contributed by atoms with Crippen LogP contribution in [0.4, 0.5) is 0 Å². The molecule has 0 spiro atoms. The Morgan fingerprint density at radius 3 is 2.90 bits per heavy atom. The van der Waals surface area contributed by atoms with Gasteiger partial charge in [0, 0.05) is 25.8 Å². The molecule has 0 aromatic carbocycles. The molecule has 1 saturated heterocycles. The van der Waals surface area contributed by atoms with Crippen LogP contribution in [0.2, 0.25) is 0 Å². The molecule has 116 valence electrons. The van der Waals surface area contributed by atoms with Crippen molar-refractivity contribution in [1.29, 1.82) is 0 Å². The highest BCUT2D eigenvalue weighted by molar-refractivity contribution is 5.93. The van der Waals surface area contributed by atoms with Crippen LogP contribution in [0.5, 0.6) is 0 Å². The Morgan fingerprint density at radius 2 is 2.19 bits per heavy atom. The van der Waals surface area contributed by atoms with Gasteiger partial charge < -0.3 is 14.2 Å². The first-order chi connectivity index (χ1) is 10.2. The van der Waals surface area contributed by atoms with Crippen molar-refractivity contribution >= 4 is 11.9 Å². The van der Waals surface area contributed by atoms with E-state index in [0.29, 0.717) is 25.4 Å². The number of likely N-dealkylation sites (tertiary alicyclic amines) is 1. The quantitative estimate of drug-likeness (QED) is 0.783. The van der Waals surface area contributed by atoms with E-state index in [1.165, 1.54) is 0 Å². The number of nitrogens with zero attached hydrogens (tertiary/aromatic N) is 2. The summed E-state index contributed by atoms with van der Waals surface area (Å²) in [7, 11) is 0. The average Bonchev–Trinajstić information content (AvgIpc) is 2.95. The van der Waals surface area contributed by atoms with Crippen LogP contribution >= 0.6 is 0 Å². The molecule has 5 heteroatoms. The highest BCUT2D eigenvalue weighted by atomic mass is 16.5. The Morgan fingerprint density at radius 1 is 1.38 bits per heavy atom. The first kappa shape index (κ1) is 15.6. The average molecular weight is 292 g/mol. The summed E-state index contributed by atoms with van der Waals surface area (Å²) in [6, 6.07) is 3.75. The largest absolute Gasteiger partial charge is 0.466 e. The maximum absolute atomic E-state index is 12.6. The van der Waals surface area contributed by atoms with Crippen molar-refractivity contribution in [2.24, 2.45) is 5.92 Å². The summed E-state index contributed by atoms with van der Waals surface area (Å²) in [5.41, 5.74) is 0.710. The van der Waals surface area contributed by atoms with Crippen molar-refractivity contribution in [1.82, 2.24) is 9.47 Å². The fourth-order valence-corrected chi connectivity index (χ4v) is 2.82. The van der Waals surface area contributed by atoms with Crippen LogP contribution in [0.25, 0.3) is 0 Å². The first-order valence-electron chi connectivity index (χ1n) is 7.78. The summed E-state index contributed by atoms with van der Waals surface area (Å²) in [4.78, 5) is 26.3. The van der Waals surface area contributed by atoms with Gasteiger partial charge in [-0.05, 0) is 38.3 Å². The summed E-state index contributed by atoms with van der Waals surface area (Å²) < 4.78 is 7.06. The molecule has 0 unspecified atom stereocenters. The zero-order valence-corrected chi connectivity index (χ0v) is 12.9. The third kappa shape index (κ3) is 3.65. The van der Waals surface area contributed by atoms with Crippen molar-refractivity contribution in [2.45, 2.75) is 39.7 Å². The van der Waals surface area contributed by atoms with Crippen molar-refractivity contribution in [3.05, 3.63) is 24.0 Å². The van der Waals surface area contributed by atoms with Crippen LogP contribution in [0.3, 0.4) is 0 Å². The maximum Gasteiger partial charge on any atom is 0.310 e. The number of hydrogen-bond acceptors (Lipinski definition) is 3. The van der Waals surface area contributed by atoms with E-state index in [4.69, 9.17) is 4.74 Å². The van der Waals surface area contributed by atoms with Gasteiger partial charge in [-0.1, -0.05) is 6.92 Å². The lowest BCUT2D eigenvalue weighted by Crippen LogP contribution is -2.43. The van der Waals surface area contributed by atoms with Crippen molar-refractivity contribution < 1.29 is 14.3 Å². The zero-order chi connectivity index (χ0) is 15.2. The summed E-state index contributed by atoms with van der Waals surface area (Å²) in [6.07, 6.45) is 4.58. The lowest BCUT2D eigenvalue weighted by molar-refractivity contribution is -0.149. The number of piperidine rings is 1. The van der Waals surface area contributed by atoms with Crippen LogP contribution in [0.1, 0.15) is 43.6 Å². The predicted octanol–water partition coefficient (Wildman–Crippen LogP) is 2.31. The Bertz CT molecular complexity index is 495. The van der Waals surface area contributed by atoms with Crippen LogP contribution in [0.15, 0.2) is 18.3 Å². The second kappa shape index (κ2) is 7.29. The molecule has 1 fully saturated rings. The van der Waals surface area contributed by atoms with E-state index >= 15 is 0 Å². The van der Waals surface area contributed by atoms with Gasteiger partial charge in [0.1, 0.15) is 5.69 Å². The van der Waals surface area contributed by atoms with Crippen molar-refractivity contribution in [3.63, 3.8) is 0 Å². The molecule has 1 aliphatic rings. The minimum Gasteiger partial charge on any atom is -0.466 e. The van der Waals surface area contributed by atoms with Gasteiger partial charge in [-0.3, -0.25) is 9.59 Å². The number of esters is 1. The lowest BCUT2D eigenvalue weighted by Gasteiger charge is -2.31. The van der Waals surface area contributed by atoms with Gasteiger partial charge in [0.15, 0.2) is 0 Å². The number of ether oxygens (including phenoxy) is 1. The van der Waals surface area contributed by atoms with Crippen LogP contribution in [-0.4, -0.2) is 41.0 Å². The fraction of sp³-hybridized carbons (Fsp3) is 0.625. The van der Waals surface area contributed by atoms with Crippen LogP contribution < -0.4 is 0 Å². The first-order valence-corrected chi connectivity index (χ1v) is 7.78. The number of aromatic nitrogens is 1. The van der Waals surface area contributed by atoms with Gasteiger partial charge >= 0.3 is 5.97 Å². The maximum atomic E-state index is 12.6. The Labute approximate surface area is 125 Å². The number of rotatable bonds is 5. The molecule has 0 bridgehead atoms. The van der Waals surface area contributed by atoms with E-state index in [2.05, 4.69) is 6.92 Å². The second-order valence-electron chi connectivity index (χ2n) is 5.43. The summed E-state index contributed by atoms with van der Waals surface area (Å²) >= 11 is 0. The lowest BCUT2D eigenvalue weighted by atomic mass is 9.98. The highest BCUT2D eigenvalue weighted by Gasteiger charge is 2.30. The standard InChI is InChI=1S/C16H24N2O3/c1-3-9-17-10-6-8-14(17)15(19)18-11-5-7-13(12-18)16(20)21-4-2/h6,8,10,13H,3-5,7,9,11-12H2,1-2H3/t13-/m1/s1. The van der Waals surface area contributed by atoms with Crippen molar-refractivity contribution in [3.8, 4) is 0 Å². The number of hydrogen-bond donors (Lipinski definition) is 0. The summed E-state index contributed by atoms with van der Waals surface area (Å²) in [5.74, 6) is -0.348. The molecule has 21 heavy (non-hydrogen) atoms. The minimum absolute atomic E-state index is 0.0162. The molecule has 2 heterocycles. The van der Waals surface area contributed by atoms with E-state index in [0.717, 1.165) is 25.8 Å². The van der Waals surface area contributed by atoms with Gasteiger partial charge in [0.2, 0.25) is 0 Å².